The number of imidazole rings is 1. The van der Waals surface area contributed by atoms with Gasteiger partial charge < -0.3 is 4.90 Å². The van der Waals surface area contributed by atoms with Crippen LogP contribution in [0.3, 0.4) is 0 Å². The molecule has 0 spiro atoms. The van der Waals surface area contributed by atoms with E-state index in [0.29, 0.717) is 0 Å². The second kappa shape index (κ2) is 5.51. The summed E-state index contributed by atoms with van der Waals surface area (Å²) in [5.41, 5.74) is 1.75. The smallest absolute Gasteiger partial charge is 0.211 e. The van der Waals surface area contributed by atoms with E-state index < -0.39 is 10.0 Å². The average molecular weight is 323 g/mol. The van der Waals surface area contributed by atoms with Crippen molar-refractivity contribution in [3.05, 3.63) is 18.3 Å². The Labute approximate surface area is 130 Å². The number of nitrogens with zero attached hydrogens (tertiary/aromatic N) is 5. The number of aromatic nitrogens is 3. The molecule has 0 atom stereocenters. The zero-order chi connectivity index (χ0) is 15.9. The Bertz CT molecular complexity index is 778. The molecule has 2 aromatic rings. The summed E-state index contributed by atoms with van der Waals surface area (Å²) in [5, 5.41) is 0. The van der Waals surface area contributed by atoms with E-state index in [9.17, 15) is 8.42 Å². The van der Waals surface area contributed by atoms with Crippen LogP contribution in [0.5, 0.6) is 0 Å². The molecule has 2 aromatic heterocycles. The Morgan fingerprint density at radius 2 is 2.00 bits per heavy atom. The molecule has 3 rings (SSSR count). The van der Waals surface area contributed by atoms with Crippen molar-refractivity contribution >= 4 is 27.1 Å². The third-order valence-electron chi connectivity index (χ3n) is 4.39. The maximum absolute atomic E-state index is 11.6. The molecule has 0 unspecified atom stereocenters. The SMILES string of the molecule is CN(C1CCN(c2nc3cccnc3n2C)CC1)S(C)(=O)=O. The molecule has 3 heterocycles. The van der Waals surface area contributed by atoms with Crippen LogP contribution < -0.4 is 4.90 Å². The summed E-state index contributed by atoms with van der Waals surface area (Å²) in [6.07, 6.45) is 4.64. The van der Waals surface area contributed by atoms with Crippen molar-refractivity contribution in [2.45, 2.75) is 18.9 Å². The summed E-state index contributed by atoms with van der Waals surface area (Å²) >= 11 is 0. The molecule has 0 aliphatic carbocycles. The van der Waals surface area contributed by atoms with Crippen molar-refractivity contribution in [1.82, 2.24) is 18.8 Å². The molecule has 0 N–H and O–H groups in total. The standard InChI is InChI=1S/C14H21N5O2S/c1-17-13-12(5-4-8-15-13)16-14(17)19-9-6-11(7-10-19)18(2)22(3,20)21/h4-5,8,11H,6-7,9-10H2,1-3H3. The number of hydrogen-bond acceptors (Lipinski definition) is 5. The summed E-state index contributed by atoms with van der Waals surface area (Å²) in [4.78, 5) is 11.2. The molecule has 7 nitrogen and oxygen atoms in total. The third-order valence-corrected chi connectivity index (χ3v) is 5.73. The van der Waals surface area contributed by atoms with Crippen molar-refractivity contribution in [3.8, 4) is 0 Å². The van der Waals surface area contributed by atoms with Crippen LogP contribution in [0.25, 0.3) is 11.2 Å². The van der Waals surface area contributed by atoms with Gasteiger partial charge in [-0.1, -0.05) is 0 Å². The van der Waals surface area contributed by atoms with Gasteiger partial charge >= 0.3 is 0 Å². The minimum absolute atomic E-state index is 0.0686. The summed E-state index contributed by atoms with van der Waals surface area (Å²) in [6.45, 7) is 1.59. The molecule has 0 amide bonds. The summed E-state index contributed by atoms with van der Waals surface area (Å²) in [7, 11) is 0.497. The van der Waals surface area contributed by atoms with Crippen molar-refractivity contribution in [2.75, 3.05) is 31.3 Å². The molecule has 8 heteroatoms. The van der Waals surface area contributed by atoms with Crippen LogP contribution >= 0.6 is 0 Å². The monoisotopic (exact) mass is 323 g/mol. The molecule has 0 bridgehead atoms. The van der Waals surface area contributed by atoms with E-state index in [0.717, 1.165) is 43.0 Å². The third kappa shape index (κ3) is 2.68. The maximum Gasteiger partial charge on any atom is 0.211 e. The van der Waals surface area contributed by atoms with Crippen LogP contribution in [0.1, 0.15) is 12.8 Å². The molecular formula is C14H21N5O2S. The lowest BCUT2D eigenvalue weighted by Crippen LogP contribution is -2.45. The largest absolute Gasteiger partial charge is 0.342 e. The molecule has 0 radical (unpaired) electrons. The normalized spacial score (nSPS) is 17.5. The minimum Gasteiger partial charge on any atom is -0.342 e. The number of piperidine rings is 1. The van der Waals surface area contributed by atoms with Gasteiger partial charge in [0.25, 0.3) is 0 Å². The second-order valence-electron chi connectivity index (χ2n) is 5.81. The van der Waals surface area contributed by atoms with Gasteiger partial charge in [-0.05, 0) is 25.0 Å². The number of fused-ring (bicyclic) bond motifs is 1. The van der Waals surface area contributed by atoms with Crippen LogP contribution in [0, 0.1) is 0 Å². The van der Waals surface area contributed by atoms with Gasteiger partial charge in [0.15, 0.2) is 5.65 Å². The van der Waals surface area contributed by atoms with Crippen LogP contribution in [0.2, 0.25) is 0 Å². The first kappa shape index (κ1) is 15.2. The van der Waals surface area contributed by atoms with Crippen LogP contribution in [-0.4, -0.2) is 59.7 Å². The molecule has 22 heavy (non-hydrogen) atoms. The minimum atomic E-state index is -3.13. The highest BCUT2D eigenvalue weighted by atomic mass is 32.2. The lowest BCUT2D eigenvalue weighted by atomic mass is 10.1. The van der Waals surface area contributed by atoms with Crippen LogP contribution in [-0.2, 0) is 17.1 Å². The summed E-state index contributed by atoms with van der Waals surface area (Å²) < 4.78 is 26.8. The number of hydrogen-bond donors (Lipinski definition) is 0. The van der Waals surface area contributed by atoms with Crippen LogP contribution in [0.4, 0.5) is 5.95 Å². The van der Waals surface area contributed by atoms with E-state index in [2.05, 4.69) is 14.9 Å². The Morgan fingerprint density at radius 3 is 2.59 bits per heavy atom. The Kier molecular flexibility index (Phi) is 3.82. The predicted octanol–water partition coefficient (Wildman–Crippen LogP) is 0.829. The Hall–Kier alpha value is -1.67. The van der Waals surface area contributed by atoms with E-state index in [1.807, 2.05) is 23.7 Å². The van der Waals surface area contributed by atoms with Crippen molar-refractivity contribution in [1.29, 1.82) is 0 Å². The summed E-state index contributed by atoms with van der Waals surface area (Å²) in [6, 6.07) is 3.90. The predicted molar refractivity (Wildman–Crippen MR) is 86.4 cm³/mol. The fourth-order valence-corrected chi connectivity index (χ4v) is 3.75. The van der Waals surface area contributed by atoms with Gasteiger partial charge in [0.2, 0.25) is 16.0 Å². The van der Waals surface area contributed by atoms with Gasteiger partial charge in [-0.15, -0.1) is 0 Å². The van der Waals surface area contributed by atoms with Gasteiger partial charge in [-0.3, -0.25) is 4.57 Å². The first-order chi connectivity index (χ1) is 10.4. The average Bonchev–Trinajstić information content (AvgIpc) is 2.83. The molecule has 1 aliphatic heterocycles. The summed E-state index contributed by atoms with van der Waals surface area (Å²) in [5.74, 6) is 0.897. The van der Waals surface area contributed by atoms with Crippen molar-refractivity contribution < 1.29 is 8.42 Å². The molecule has 1 aliphatic rings. The zero-order valence-electron chi connectivity index (χ0n) is 13.1. The first-order valence-corrected chi connectivity index (χ1v) is 9.18. The lowest BCUT2D eigenvalue weighted by Gasteiger charge is -2.36. The molecule has 1 saturated heterocycles. The van der Waals surface area contributed by atoms with E-state index in [1.54, 1.807) is 13.2 Å². The van der Waals surface area contributed by atoms with E-state index in [1.165, 1.54) is 10.6 Å². The zero-order valence-corrected chi connectivity index (χ0v) is 13.9. The molecular weight excluding hydrogens is 302 g/mol. The maximum atomic E-state index is 11.6. The number of pyridine rings is 1. The van der Waals surface area contributed by atoms with Gasteiger partial charge in [0, 0.05) is 39.4 Å². The number of sulfonamides is 1. The van der Waals surface area contributed by atoms with Gasteiger partial charge in [0.05, 0.1) is 6.26 Å². The first-order valence-electron chi connectivity index (χ1n) is 7.33. The highest BCUT2D eigenvalue weighted by Crippen LogP contribution is 2.24. The van der Waals surface area contributed by atoms with Crippen molar-refractivity contribution in [2.24, 2.45) is 7.05 Å². The Morgan fingerprint density at radius 1 is 1.32 bits per heavy atom. The molecule has 1 fully saturated rings. The van der Waals surface area contributed by atoms with Gasteiger partial charge in [-0.2, -0.15) is 0 Å². The highest BCUT2D eigenvalue weighted by molar-refractivity contribution is 7.88. The van der Waals surface area contributed by atoms with E-state index in [-0.39, 0.29) is 6.04 Å². The van der Waals surface area contributed by atoms with E-state index >= 15 is 0 Å². The van der Waals surface area contributed by atoms with Gasteiger partial charge in [-0.25, -0.2) is 22.7 Å². The van der Waals surface area contributed by atoms with Crippen LogP contribution in [0.15, 0.2) is 18.3 Å². The number of anilines is 1. The van der Waals surface area contributed by atoms with Gasteiger partial charge in [0.1, 0.15) is 5.52 Å². The Balaban J connectivity index is 1.77. The fraction of sp³-hybridized carbons (Fsp3) is 0.571. The second-order valence-corrected chi connectivity index (χ2v) is 7.86. The molecule has 120 valence electrons. The number of aryl methyl sites for hydroxylation is 1. The quantitative estimate of drug-likeness (QED) is 0.836. The lowest BCUT2D eigenvalue weighted by molar-refractivity contribution is 0.312. The molecule has 0 saturated carbocycles. The molecule has 0 aromatic carbocycles. The topological polar surface area (TPSA) is 71.3 Å². The number of rotatable bonds is 3. The highest BCUT2D eigenvalue weighted by Gasteiger charge is 2.28. The van der Waals surface area contributed by atoms with E-state index in [4.69, 9.17) is 0 Å². The fourth-order valence-electron chi connectivity index (χ4n) is 2.99. The van der Waals surface area contributed by atoms with Crippen molar-refractivity contribution in [3.63, 3.8) is 0 Å².